The van der Waals surface area contributed by atoms with Crippen molar-refractivity contribution in [3.05, 3.63) is 17.5 Å². The number of rotatable bonds is 6. The highest BCUT2D eigenvalue weighted by molar-refractivity contribution is 5.15. The first kappa shape index (κ1) is 14.2. The van der Waals surface area contributed by atoms with E-state index in [-0.39, 0.29) is 0 Å². The first-order chi connectivity index (χ1) is 7.93. The van der Waals surface area contributed by atoms with E-state index in [0.717, 1.165) is 30.8 Å². The number of hydrogen-bond donors (Lipinski definition) is 1. The molecule has 0 atom stereocenters. The summed E-state index contributed by atoms with van der Waals surface area (Å²) in [6, 6.07) is 0. The molecule has 0 saturated carbocycles. The van der Waals surface area contributed by atoms with Crippen LogP contribution in [-0.4, -0.2) is 16.3 Å². The maximum atomic E-state index is 4.26. The quantitative estimate of drug-likeness (QED) is 0.824. The standard InChI is InChI=1S/C14H27N3/c1-10(2)14(11(3)4)9-15-7-13-8-16-17(6)12(13)5/h8,10-11,14-15H,7,9H2,1-6H3. The molecule has 0 unspecified atom stereocenters. The van der Waals surface area contributed by atoms with Gasteiger partial charge in [0, 0.05) is 24.8 Å². The van der Waals surface area contributed by atoms with E-state index in [1.54, 1.807) is 0 Å². The molecule has 0 radical (unpaired) electrons. The van der Waals surface area contributed by atoms with Gasteiger partial charge >= 0.3 is 0 Å². The topological polar surface area (TPSA) is 29.9 Å². The van der Waals surface area contributed by atoms with Crippen molar-refractivity contribution >= 4 is 0 Å². The molecular weight excluding hydrogens is 210 g/mol. The summed E-state index contributed by atoms with van der Waals surface area (Å²) >= 11 is 0. The lowest BCUT2D eigenvalue weighted by atomic mass is 9.85. The van der Waals surface area contributed by atoms with Crippen LogP contribution in [0.4, 0.5) is 0 Å². The number of aromatic nitrogens is 2. The highest BCUT2D eigenvalue weighted by Gasteiger charge is 2.16. The molecule has 0 aromatic carbocycles. The second kappa shape index (κ2) is 6.20. The van der Waals surface area contributed by atoms with Gasteiger partial charge in [0.15, 0.2) is 0 Å². The zero-order valence-corrected chi connectivity index (χ0v) is 12.1. The Bertz CT molecular complexity index is 331. The molecule has 0 aliphatic carbocycles. The smallest absolute Gasteiger partial charge is 0.0537 e. The number of nitrogens with one attached hydrogen (secondary N) is 1. The van der Waals surface area contributed by atoms with Crippen molar-refractivity contribution in [1.82, 2.24) is 15.1 Å². The summed E-state index contributed by atoms with van der Waals surface area (Å²) in [6.45, 7) is 13.4. The van der Waals surface area contributed by atoms with Gasteiger partial charge in [0.05, 0.1) is 6.20 Å². The Hall–Kier alpha value is -0.830. The van der Waals surface area contributed by atoms with Gasteiger partial charge in [-0.1, -0.05) is 27.7 Å². The Morgan fingerprint density at radius 3 is 2.24 bits per heavy atom. The molecule has 0 aliphatic heterocycles. The van der Waals surface area contributed by atoms with Crippen LogP contribution >= 0.6 is 0 Å². The fourth-order valence-corrected chi connectivity index (χ4v) is 2.33. The molecule has 0 amide bonds. The Kier molecular flexibility index (Phi) is 5.19. The van der Waals surface area contributed by atoms with Crippen LogP contribution in [0.15, 0.2) is 6.20 Å². The van der Waals surface area contributed by atoms with Gasteiger partial charge in [-0.2, -0.15) is 5.10 Å². The lowest BCUT2D eigenvalue weighted by Crippen LogP contribution is -2.29. The zero-order valence-electron chi connectivity index (χ0n) is 12.1. The van der Waals surface area contributed by atoms with Gasteiger partial charge in [0.2, 0.25) is 0 Å². The van der Waals surface area contributed by atoms with Crippen molar-refractivity contribution in [2.75, 3.05) is 6.54 Å². The third-order valence-corrected chi connectivity index (χ3v) is 3.75. The normalized spacial score (nSPS) is 12.1. The van der Waals surface area contributed by atoms with Gasteiger partial charge in [0.1, 0.15) is 0 Å². The molecule has 1 aromatic heterocycles. The van der Waals surface area contributed by atoms with Crippen LogP contribution in [0.2, 0.25) is 0 Å². The molecule has 0 saturated heterocycles. The largest absolute Gasteiger partial charge is 0.312 e. The summed E-state index contributed by atoms with van der Waals surface area (Å²) in [4.78, 5) is 0. The molecular formula is C14H27N3. The van der Waals surface area contributed by atoms with E-state index in [4.69, 9.17) is 0 Å². The highest BCUT2D eigenvalue weighted by atomic mass is 15.3. The summed E-state index contributed by atoms with van der Waals surface area (Å²) in [6.07, 6.45) is 1.96. The summed E-state index contributed by atoms with van der Waals surface area (Å²) in [7, 11) is 1.99. The fraction of sp³-hybridized carbons (Fsp3) is 0.786. The van der Waals surface area contributed by atoms with E-state index in [2.05, 4.69) is 45.0 Å². The van der Waals surface area contributed by atoms with Gasteiger partial charge in [-0.3, -0.25) is 4.68 Å². The minimum atomic E-state index is 0.734. The van der Waals surface area contributed by atoms with E-state index >= 15 is 0 Å². The van der Waals surface area contributed by atoms with E-state index in [0.29, 0.717) is 0 Å². The Morgan fingerprint density at radius 2 is 1.82 bits per heavy atom. The van der Waals surface area contributed by atoms with Gasteiger partial charge in [-0.15, -0.1) is 0 Å². The molecule has 1 rings (SSSR count). The maximum Gasteiger partial charge on any atom is 0.0537 e. The molecule has 1 heterocycles. The molecule has 1 aromatic rings. The van der Waals surface area contributed by atoms with Crippen molar-refractivity contribution in [1.29, 1.82) is 0 Å². The van der Waals surface area contributed by atoms with E-state index < -0.39 is 0 Å². The third-order valence-electron chi connectivity index (χ3n) is 3.75. The third kappa shape index (κ3) is 3.84. The van der Waals surface area contributed by atoms with Gasteiger partial charge < -0.3 is 5.32 Å². The second-order valence-corrected chi connectivity index (χ2v) is 5.66. The van der Waals surface area contributed by atoms with E-state index in [9.17, 15) is 0 Å². The molecule has 17 heavy (non-hydrogen) atoms. The lowest BCUT2D eigenvalue weighted by molar-refractivity contribution is 0.275. The lowest BCUT2D eigenvalue weighted by Gasteiger charge is -2.25. The first-order valence-electron chi connectivity index (χ1n) is 6.61. The van der Waals surface area contributed by atoms with Gasteiger partial charge in [-0.05, 0) is 31.2 Å². The second-order valence-electron chi connectivity index (χ2n) is 5.66. The van der Waals surface area contributed by atoms with Crippen LogP contribution in [0, 0.1) is 24.7 Å². The Labute approximate surface area is 106 Å². The van der Waals surface area contributed by atoms with Crippen molar-refractivity contribution in [2.45, 2.75) is 41.2 Å². The minimum Gasteiger partial charge on any atom is -0.312 e. The van der Waals surface area contributed by atoms with E-state index in [1.165, 1.54) is 11.3 Å². The predicted molar refractivity (Wildman–Crippen MR) is 72.8 cm³/mol. The minimum absolute atomic E-state index is 0.734. The van der Waals surface area contributed by atoms with Crippen molar-refractivity contribution < 1.29 is 0 Å². The summed E-state index contributed by atoms with van der Waals surface area (Å²) in [5.74, 6) is 2.21. The molecule has 3 nitrogen and oxygen atoms in total. The number of aryl methyl sites for hydroxylation is 1. The first-order valence-corrected chi connectivity index (χ1v) is 6.61. The molecule has 3 heteroatoms. The monoisotopic (exact) mass is 237 g/mol. The number of hydrogen-bond acceptors (Lipinski definition) is 2. The molecule has 1 N–H and O–H groups in total. The Morgan fingerprint density at radius 1 is 1.24 bits per heavy atom. The van der Waals surface area contributed by atoms with Crippen LogP contribution in [-0.2, 0) is 13.6 Å². The van der Waals surface area contributed by atoms with Crippen LogP contribution in [0.1, 0.15) is 39.0 Å². The highest BCUT2D eigenvalue weighted by Crippen LogP contribution is 2.19. The molecule has 0 aliphatic rings. The molecule has 0 spiro atoms. The Balaban J connectivity index is 2.44. The summed E-state index contributed by atoms with van der Waals surface area (Å²) < 4.78 is 1.93. The SMILES string of the molecule is Cc1c(CNCC(C(C)C)C(C)C)cnn1C. The van der Waals surface area contributed by atoms with Gasteiger partial charge in [-0.25, -0.2) is 0 Å². The van der Waals surface area contributed by atoms with Crippen LogP contribution in [0.3, 0.4) is 0 Å². The van der Waals surface area contributed by atoms with Crippen LogP contribution < -0.4 is 5.32 Å². The molecule has 98 valence electrons. The fourth-order valence-electron chi connectivity index (χ4n) is 2.33. The predicted octanol–water partition coefficient (Wildman–Crippen LogP) is 2.75. The summed E-state index contributed by atoms with van der Waals surface area (Å²) in [5.41, 5.74) is 2.56. The molecule has 0 fully saturated rings. The van der Waals surface area contributed by atoms with Crippen LogP contribution in [0.5, 0.6) is 0 Å². The van der Waals surface area contributed by atoms with E-state index in [1.807, 2.05) is 17.9 Å². The zero-order chi connectivity index (χ0) is 13.0. The molecule has 0 bridgehead atoms. The van der Waals surface area contributed by atoms with Crippen molar-refractivity contribution in [2.24, 2.45) is 24.8 Å². The number of nitrogens with zero attached hydrogens (tertiary/aromatic N) is 2. The summed E-state index contributed by atoms with van der Waals surface area (Å²) in [5, 5.41) is 7.83. The van der Waals surface area contributed by atoms with Gasteiger partial charge in [0.25, 0.3) is 0 Å². The average Bonchev–Trinajstić information content (AvgIpc) is 2.54. The van der Waals surface area contributed by atoms with Crippen molar-refractivity contribution in [3.63, 3.8) is 0 Å². The van der Waals surface area contributed by atoms with Crippen molar-refractivity contribution in [3.8, 4) is 0 Å². The van der Waals surface area contributed by atoms with Crippen LogP contribution in [0.25, 0.3) is 0 Å². The maximum absolute atomic E-state index is 4.26. The average molecular weight is 237 g/mol.